The van der Waals surface area contributed by atoms with Crippen molar-refractivity contribution in [3.05, 3.63) is 33.8 Å². The molecule has 0 bridgehead atoms. The molecule has 0 saturated heterocycles. The summed E-state index contributed by atoms with van der Waals surface area (Å²) in [6.07, 6.45) is -0.442. The lowest BCUT2D eigenvalue weighted by Gasteiger charge is -2.19. The largest absolute Gasteiger partial charge is 0.489 e. The molecule has 0 saturated carbocycles. The second-order valence-electron chi connectivity index (χ2n) is 6.90. The number of hydrogen-bond donors (Lipinski definition) is 1. The van der Waals surface area contributed by atoms with Crippen LogP contribution in [0.15, 0.2) is 23.8 Å². The average molecular weight is 432 g/mol. The number of anilines is 1. The minimum Gasteiger partial charge on any atom is -0.489 e. The predicted octanol–water partition coefficient (Wildman–Crippen LogP) is 5.86. The molecule has 0 aliphatic carbocycles. The topological polar surface area (TPSA) is 73.9 Å². The Morgan fingerprint density at radius 1 is 1.14 bits per heavy atom. The zero-order valence-electron chi connectivity index (χ0n) is 17.0. The quantitative estimate of drug-likeness (QED) is 0.411. The Kier molecular flexibility index (Phi) is 9.62. The fraction of sp³-hybridized carbons (Fsp3) is 0.500. The number of benzene rings is 1. The van der Waals surface area contributed by atoms with Crippen LogP contribution < -0.4 is 10.1 Å². The molecular weight excluding hydrogens is 405 g/mol. The van der Waals surface area contributed by atoms with Gasteiger partial charge in [0, 0.05) is 6.07 Å². The van der Waals surface area contributed by atoms with Gasteiger partial charge in [-0.1, -0.05) is 43.1 Å². The van der Waals surface area contributed by atoms with E-state index in [9.17, 15) is 9.59 Å². The van der Waals surface area contributed by atoms with Crippen LogP contribution >= 0.6 is 23.2 Å². The van der Waals surface area contributed by atoms with E-state index >= 15 is 0 Å². The number of carbonyl (C=O) groups is 2. The highest BCUT2D eigenvalue weighted by Crippen LogP contribution is 2.35. The van der Waals surface area contributed by atoms with Crippen molar-refractivity contribution in [2.24, 2.45) is 5.92 Å². The number of esters is 1. The molecule has 1 amide bonds. The Balaban J connectivity index is 2.94. The van der Waals surface area contributed by atoms with Crippen LogP contribution in [0.3, 0.4) is 0 Å². The van der Waals surface area contributed by atoms with Crippen molar-refractivity contribution in [1.29, 1.82) is 0 Å². The summed E-state index contributed by atoms with van der Waals surface area (Å²) < 4.78 is 16.1. The van der Waals surface area contributed by atoms with Crippen LogP contribution in [0.2, 0.25) is 10.0 Å². The lowest BCUT2D eigenvalue weighted by molar-refractivity contribution is -0.152. The monoisotopic (exact) mass is 431 g/mol. The van der Waals surface area contributed by atoms with Gasteiger partial charge in [-0.25, -0.2) is 9.59 Å². The van der Waals surface area contributed by atoms with Gasteiger partial charge in [0.15, 0.2) is 0 Å². The third-order valence-electron chi connectivity index (χ3n) is 3.49. The van der Waals surface area contributed by atoms with Gasteiger partial charge in [-0.15, -0.1) is 0 Å². The fourth-order valence-electron chi connectivity index (χ4n) is 2.02. The van der Waals surface area contributed by atoms with Crippen LogP contribution in [0, 0.1) is 5.92 Å². The van der Waals surface area contributed by atoms with E-state index in [4.69, 9.17) is 37.4 Å². The number of rotatable bonds is 8. The molecule has 8 heteroatoms. The molecule has 1 atom stereocenters. The minimum absolute atomic E-state index is 0.115. The van der Waals surface area contributed by atoms with Gasteiger partial charge in [0.1, 0.15) is 5.75 Å². The lowest BCUT2D eigenvalue weighted by atomic mass is 10.1. The van der Waals surface area contributed by atoms with Crippen LogP contribution in [-0.2, 0) is 14.3 Å². The van der Waals surface area contributed by atoms with Crippen LogP contribution in [0.5, 0.6) is 5.75 Å². The smallest absolute Gasteiger partial charge is 0.412 e. The molecule has 0 radical (unpaired) electrons. The maximum Gasteiger partial charge on any atom is 0.412 e. The van der Waals surface area contributed by atoms with Crippen molar-refractivity contribution >= 4 is 41.0 Å². The van der Waals surface area contributed by atoms with Crippen LogP contribution in [0.4, 0.5) is 10.5 Å². The standard InChI is InChI=1S/C20H27Cl2NO5/c1-7-13(6)18(19(24)26-10-11(2)3)28-20(25)23-16-9-17(27-12(4)5)15(22)8-14(16)21/h7-9,11-12,18H,10H2,1-6H3,(H,23,25). The number of nitrogens with one attached hydrogen (secondary N) is 1. The third-order valence-corrected chi connectivity index (χ3v) is 4.10. The Morgan fingerprint density at radius 2 is 1.79 bits per heavy atom. The summed E-state index contributed by atoms with van der Waals surface area (Å²) in [6, 6.07) is 2.96. The highest BCUT2D eigenvalue weighted by atomic mass is 35.5. The number of carbonyl (C=O) groups excluding carboxylic acids is 2. The number of hydrogen-bond acceptors (Lipinski definition) is 5. The number of halogens is 2. The maximum atomic E-state index is 12.4. The maximum absolute atomic E-state index is 12.4. The molecule has 1 N–H and O–H groups in total. The first-order valence-corrected chi connectivity index (χ1v) is 9.73. The van der Waals surface area contributed by atoms with Gasteiger partial charge in [-0.2, -0.15) is 0 Å². The van der Waals surface area contributed by atoms with E-state index in [1.165, 1.54) is 12.1 Å². The molecular formula is C20H27Cl2NO5. The van der Waals surface area contributed by atoms with Gasteiger partial charge in [-0.3, -0.25) is 5.32 Å². The first-order valence-electron chi connectivity index (χ1n) is 8.97. The molecule has 0 aliphatic heterocycles. The summed E-state index contributed by atoms with van der Waals surface area (Å²) in [4.78, 5) is 24.6. The minimum atomic E-state index is -1.15. The number of allylic oxidation sites excluding steroid dienone is 1. The second-order valence-corrected chi connectivity index (χ2v) is 7.71. The van der Waals surface area contributed by atoms with Crippen molar-refractivity contribution in [3.8, 4) is 5.75 Å². The molecule has 28 heavy (non-hydrogen) atoms. The van der Waals surface area contributed by atoms with E-state index in [1.807, 2.05) is 27.7 Å². The SMILES string of the molecule is CC=C(C)C(OC(=O)Nc1cc(OC(C)C)c(Cl)cc1Cl)C(=O)OCC(C)C. The van der Waals surface area contributed by atoms with E-state index < -0.39 is 18.2 Å². The lowest BCUT2D eigenvalue weighted by Crippen LogP contribution is -2.33. The van der Waals surface area contributed by atoms with Gasteiger partial charge in [-0.05, 0) is 45.3 Å². The van der Waals surface area contributed by atoms with E-state index in [2.05, 4.69) is 5.32 Å². The highest BCUT2D eigenvalue weighted by molar-refractivity contribution is 6.37. The molecule has 156 valence electrons. The van der Waals surface area contributed by atoms with Crippen molar-refractivity contribution < 1.29 is 23.8 Å². The van der Waals surface area contributed by atoms with Crippen molar-refractivity contribution in [2.45, 2.75) is 53.8 Å². The molecule has 0 aromatic heterocycles. The van der Waals surface area contributed by atoms with E-state index in [0.29, 0.717) is 16.3 Å². The molecule has 1 aromatic carbocycles. The van der Waals surface area contributed by atoms with Crippen molar-refractivity contribution in [2.75, 3.05) is 11.9 Å². The van der Waals surface area contributed by atoms with Crippen LogP contribution in [0.25, 0.3) is 0 Å². The second kappa shape index (κ2) is 11.2. The summed E-state index contributed by atoms with van der Waals surface area (Å²) in [5.74, 6) is -0.101. The number of ether oxygens (including phenoxy) is 3. The van der Waals surface area contributed by atoms with E-state index in [0.717, 1.165) is 0 Å². The first kappa shape index (κ1) is 24.1. The third kappa shape index (κ3) is 7.60. The summed E-state index contributed by atoms with van der Waals surface area (Å²) >= 11 is 12.2. The zero-order chi connectivity index (χ0) is 21.4. The van der Waals surface area contributed by atoms with Crippen LogP contribution in [0.1, 0.15) is 41.5 Å². The van der Waals surface area contributed by atoms with Gasteiger partial charge < -0.3 is 14.2 Å². The normalized spacial score (nSPS) is 12.7. The Morgan fingerprint density at radius 3 is 2.32 bits per heavy atom. The summed E-state index contributed by atoms with van der Waals surface area (Å²) in [6.45, 7) is 11.2. The van der Waals surface area contributed by atoms with Gasteiger partial charge in [0.25, 0.3) is 0 Å². The molecule has 0 spiro atoms. The van der Waals surface area contributed by atoms with Gasteiger partial charge >= 0.3 is 12.1 Å². The van der Waals surface area contributed by atoms with Gasteiger partial charge in [0.05, 0.1) is 28.4 Å². The Labute approximate surface area is 176 Å². The predicted molar refractivity (Wildman–Crippen MR) is 111 cm³/mol. The Bertz CT molecular complexity index is 732. The molecule has 6 nitrogen and oxygen atoms in total. The summed E-state index contributed by atoms with van der Waals surface area (Å²) in [5.41, 5.74) is 0.800. The van der Waals surface area contributed by atoms with Crippen molar-refractivity contribution in [1.82, 2.24) is 0 Å². The van der Waals surface area contributed by atoms with Crippen LogP contribution in [-0.4, -0.2) is 30.9 Å². The molecule has 0 fully saturated rings. The van der Waals surface area contributed by atoms with Crippen molar-refractivity contribution in [3.63, 3.8) is 0 Å². The molecule has 0 aliphatic rings. The highest BCUT2D eigenvalue weighted by Gasteiger charge is 2.27. The van der Waals surface area contributed by atoms with E-state index in [-0.39, 0.29) is 29.3 Å². The molecule has 1 rings (SSSR count). The Hall–Kier alpha value is -1.92. The first-order chi connectivity index (χ1) is 13.0. The molecule has 1 aromatic rings. The van der Waals surface area contributed by atoms with Gasteiger partial charge in [0.2, 0.25) is 6.10 Å². The zero-order valence-corrected chi connectivity index (χ0v) is 18.5. The molecule has 0 heterocycles. The molecule has 1 unspecified atom stereocenters. The summed E-state index contributed by atoms with van der Waals surface area (Å²) in [5, 5.41) is 3.04. The van der Waals surface area contributed by atoms with E-state index in [1.54, 1.807) is 19.9 Å². The average Bonchev–Trinajstić information content (AvgIpc) is 2.60. The fourth-order valence-corrected chi connectivity index (χ4v) is 2.49. The number of amides is 1. The summed E-state index contributed by atoms with van der Waals surface area (Å²) in [7, 11) is 0.